The largest absolute Gasteiger partial charge is 0.618 e. The monoisotopic (exact) mass is 574 g/mol. The molecule has 0 spiro atoms. The maximum Gasteiger partial charge on any atom is 0.411 e. The number of aromatic nitrogens is 7. The zero-order valence-electron chi connectivity index (χ0n) is 21.8. The van der Waals surface area contributed by atoms with Gasteiger partial charge < -0.3 is 14.9 Å². The van der Waals surface area contributed by atoms with E-state index in [1.807, 2.05) is 6.07 Å². The molecular weight excluding hydrogens is 551 g/mol. The molecule has 3 heterocycles. The lowest BCUT2D eigenvalue weighted by molar-refractivity contribution is -0.614. The third kappa shape index (κ3) is 5.59. The first-order chi connectivity index (χ1) is 19.9. The highest BCUT2D eigenvalue weighted by molar-refractivity contribution is 6.31. The number of pyridine rings is 1. The minimum absolute atomic E-state index is 0.00220. The van der Waals surface area contributed by atoms with Gasteiger partial charge >= 0.3 is 6.09 Å². The Hall–Kier alpha value is -4.84. The lowest BCUT2D eigenvalue weighted by atomic mass is 9.95. The maximum atomic E-state index is 14.6. The lowest BCUT2D eigenvalue weighted by Gasteiger charge is -2.16. The number of benzene rings is 2. The molecule has 1 aliphatic carbocycles. The number of nitrogens with one attached hydrogen (secondary N) is 2. The molecule has 0 radical (unpaired) electrons. The van der Waals surface area contributed by atoms with Crippen molar-refractivity contribution in [1.82, 2.24) is 30.2 Å². The smallest absolute Gasteiger partial charge is 0.411 e. The van der Waals surface area contributed by atoms with Crippen molar-refractivity contribution >= 4 is 23.4 Å². The minimum Gasteiger partial charge on any atom is -0.618 e. The van der Waals surface area contributed by atoms with Crippen molar-refractivity contribution < 1.29 is 18.7 Å². The number of ether oxygens (including phenoxy) is 1. The quantitative estimate of drug-likeness (QED) is 0.190. The van der Waals surface area contributed by atoms with Gasteiger partial charge in [-0.3, -0.25) is 5.32 Å². The summed E-state index contributed by atoms with van der Waals surface area (Å²) in [5.41, 5.74) is 3.70. The first-order valence-corrected chi connectivity index (χ1v) is 13.2. The van der Waals surface area contributed by atoms with Crippen molar-refractivity contribution in [2.45, 2.75) is 25.2 Å². The van der Waals surface area contributed by atoms with Crippen LogP contribution in [0.2, 0.25) is 5.02 Å². The van der Waals surface area contributed by atoms with Crippen LogP contribution in [0.15, 0.2) is 67.3 Å². The zero-order valence-corrected chi connectivity index (χ0v) is 22.5. The van der Waals surface area contributed by atoms with E-state index < -0.39 is 11.9 Å². The van der Waals surface area contributed by atoms with E-state index in [4.69, 9.17) is 11.6 Å². The molecule has 0 saturated heterocycles. The molecule has 2 N–H and O–H groups in total. The Balaban J connectivity index is 1.32. The number of anilines is 1. The Morgan fingerprint density at radius 3 is 2.78 bits per heavy atom. The zero-order chi connectivity index (χ0) is 28.5. The van der Waals surface area contributed by atoms with Crippen molar-refractivity contribution in [2.75, 3.05) is 12.4 Å². The minimum atomic E-state index is -0.762. The molecule has 3 aromatic heterocycles. The number of imidazole rings is 1. The number of H-pyrrole nitrogens is 1. The van der Waals surface area contributed by atoms with E-state index >= 15 is 0 Å². The van der Waals surface area contributed by atoms with Gasteiger partial charge in [0.15, 0.2) is 6.20 Å². The van der Waals surface area contributed by atoms with E-state index in [1.54, 1.807) is 36.5 Å². The average molecular weight is 575 g/mol. The van der Waals surface area contributed by atoms with Crippen molar-refractivity contribution in [3.8, 4) is 28.1 Å². The lowest BCUT2D eigenvalue weighted by Crippen LogP contribution is -2.34. The van der Waals surface area contributed by atoms with Gasteiger partial charge in [-0.2, -0.15) is 9.41 Å². The number of hydrogen-bond donors (Lipinski definition) is 2. The average Bonchev–Trinajstić information content (AvgIpc) is 3.40. The number of methoxy groups -OCH3 is 1. The SMILES string of the molecule is COC(=O)Nc1ccc(-c2cnc(C(CC3CC3)c3ccc(-c4cc(Cl)ccc4-n4cnnn4)c[n+]3[O-])[nH]2)cc1F. The molecule has 1 fully saturated rings. The van der Waals surface area contributed by atoms with Crippen molar-refractivity contribution in [2.24, 2.45) is 5.92 Å². The van der Waals surface area contributed by atoms with E-state index in [0.29, 0.717) is 50.5 Å². The van der Waals surface area contributed by atoms with Crippen LogP contribution < -0.4 is 10.0 Å². The van der Waals surface area contributed by atoms with Gasteiger partial charge in [-0.15, -0.1) is 5.10 Å². The van der Waals surface area contributed by atoms with Crippen LogP contribution in [-0.2, 0) is 4.74 Å². The Labute approximate surface area is 238 Å². The molecule has 1 amide bonds. The van der Waals surface area contributed by atoms with Gasteiger partial charge in [-0.25, -0.2) is 14.2 Å². The molecule has 6 rings (SSSR count). The molecule has 41 heavy (non-hydrogen) atoms. The predicted octanol–water partition coefficient (Wildman–Crippen LogP) is 5.26. The van der Waals surface area contributed by atoms with Crippen LogP contribution in [0.3, 0.4) is 0 Å². The molecule has 2 aromatic carbocycles. The molecule has 1 saturated carbocycles. The van der Waals surface area contributed by atoms with E-state index in [9.17, 15) is 14.4 Å². The van der Waals surface area contributed by atoms with E-state index in [2.05, 4.69) is 35.5 Å². The van der Waals surface area contributed by atoms with Crippen LogP contribution >= 0.6 is 11.6 Å². The Kier molecular flexibility index (Phi) is 7.06. The van der Waals surface area contributed by atoms with Crippen LogP contribution in [0.4, 0.5) is 14.9 Å². The van der Waals surface area contributed by atoms with Crippen LogP contribution in [0.5, 0.6) is 0 Å². The summed E-state index contributed by atoms with van der Waals surface area (Å²) >= 11 is 6.29. The van der Waals surface area contributed by atoms with Gasteiger partial charge in [0, 0.05) is 27.8 Å². The normalized spacial score (nSPS) is 13.6. The molecule has 1 aliphatic rings. The summed E-state index contributed by atoms with van der Waals surface area (Å²) in [6, 6.07) is 13.4. The van der Waals surface area contributed by atoms with E-state index in [0.717, 1.165) is 24.0 Å². The van der Waals surface area contributed by atoms with Crippen molar-refractivity contribution in [3.63, 3.8) is 0 Å². The first-order valence-electron chi connectivity index (χ1n) is 12.9. The standard InChI is InChI=1S/C28H24ClFN8O3/c1-41-28(39)34-23-7-4-17(11-22(23)30)24-13-31-27(33-24)21(10-16-2-3-16)26-8-5-18(14-38(26)40)20-12-19(29)6-9-25(20)37-15-32-35-36-37/h4-9,11-16,21H,2-3,10H2,1H3,(H,31,33)(H,34,39). The highest BCUT2D eigenvalue weighted by atomic mass is 35.5. The van der Waals surface area contributed by atoms with Gasteiger partial charge in [0.25, 0.3) is 0 Å². The molecule has 13 heteroatoms. The van der Waals surface area contributed by atoms with Crippen LogP contribution in [0.25, 0.3) is 28.1 Å². The number of halogens is 2. The summed E-state index contributed by atoms with van der Waals surface area (Å²) in [4.78, 5) is 19.3. The van der Waals surface area contributed by atoms with Gasteiger partial charge in [-0.1, -0.05) is 30.5 Å². The fourth-order valence-corrected chi connectivity index (χ4v) is 4.97. The molecule has 0 aliphatic heterocycles. The molecule has 208 valence electrons. The molecular formula is C28H24ClFN8O3. The fraction of sp³-hybridized carbons (Fsp3) is 0.214. The summed E-state index contributed by atoms with van der Waals surface area (Å²) in [5.74, 6) is 0.187. The van der Waals surface area contributed by atoms with Gasteiger partial charge in [0.2, 0.25) is 5.69 Å². The Bertz CT molecular complexity index is 1720. The number of carbonyl (C=O) groups is 1. The molecule has 5 aromatic rings. The molecule has 11 nitrogen and oxygen atoms in total. The highest BCUT2D eigenvalue weighted by Gasteiger charge is 2.33. The van der Waals surface area contributed by atoms with Crippen molar-refractivity contribution in [3.05, 3.63) is 94.8 Å². The number of hydrogen-bond acceptors (Lipinski definition) is 7. The summed E-state index contributed by atoms with van der Waals surface area (Å²) in [7, 11) is 1.20. The number of rotatable bonds is 8. The highest BCUT2D eigenvalue weighted by Crippen LogP contribution is 2.41. The molecule has 1 atom stereocenters. The van der Waals surface area contributed by atoms with E-state index in [-0.39, 0.29) is 11.6 Å². The topological polar surface area (TPSA) is 138 Å². The summed E-state index contributed by atoms with van der Waals surface area (Å²) in [6.07, 6.45) is 6.78. The van der Waals surface area contributed by atoms with Gasteiger partial charge in [0.1, 0.15) is 23.9 Å². The van der Waals surface area contributed by atoms with Crippen molar-refractivity contribution in [1.29, 1.82) is 0 Å². The summed E-state index contributed by atoms with van der Waals surface area (Å²) in [6.45, 7) is 0. The third-order valence-corrected chi connectivity index (χ3v) is 7.30. The van der Waals surface area contributed by atoms with Gasteiger partial charge in [0.05, 0.1) is 30.4 Å². The number of tetrazole rings is 1. The van der Waals surface area contributed by atoms with Crippen LogP contribution in [0, 0.1) is 16.9 Å². The first kappa shape index (κ1) is 26.4. The third-order valence-electron chi connectivity index (χ3n) is 7.06. The van der Waals surface area contributed by atoms with E-state index in [1.165, 1.54) is 36.4 Å². The second-order valence-corrected chi connectivity index (χ2v) is 10.2. The number of nitrogens with zero attached hydrogens (tertiary/aromatic N) is 6. The second kappa shape index (κ2) is 11.0. The fourth-order valence-electron chi connectivity index (χ4n) is 4.80. The predicted molar refractivity (Wildman–Crippen MR) is 148 cm³/mol. The van der Waals surface area contributed by atoms with Gasteiger partial charge in [-0.05, 0) is 59.2 Å². The number of amides is 1. The summed E-state index contributed by atoms with van der Waals surface area (Å²) < 4.78 is 21.5. The molecule has 1 unspecified atom stereocenters. The van der Waals surface area contributed by atoms with Crippen LogP contribution in [-0.4, -0.2) is 43.4 Å². The molecule has 0 bridgehead atoms. The number of aromatic amines is 1. The Morgan fingerprint density at radius 1 is 1.24 bits per heavy atom. The number of carbonyl (C=O) groups excluding carboxylic acids is 1. The Morgan fingerprint density at radius 2 is 2.07 bits per heavy atom. The summed E-state index contributed by atoms with van der Waals surface area (Å²) in [5, 5.41) is 27.7. The van der Waals surface area contributed by atoms with Crippen LogP contribution in [0.1, 0.15) is 36.7 Å². The second-order valence-electron chi connectivity index (χ2n) is 9.81. The maximum absolute atomic E-state index is 14.6.